The summed E-state index contributed by atoms with van der Waals surface area (Å²) in [6.07, 6.45) is -4.26. The Morgan fingerprint density at radius 1 is 0.929 bits per heavy atom. The van der Waals surface area contributed by atoms with E-state index >= 15 is 0 Å². The predicted molar refractivity (Wildman–Crippen MR) is 95.7 cm³/mol. The highest BCUT2D eigenvalue weighted by Crippen LogP contribution is 2.33. The molecule has 3 nitrogen and oxygen atoms in total. The first-order valence-electron chi connectivity index (χ1n) is 8.24. The van der Waals surface area contributed by atoms with Crippen molar-refractivity contribution < 1.29 is 27.1 Å². The summed E-state index contributed by atoms with van der Waals surface area (Å²) in [5, 5.41) is 0. The average Bonchev–Trinajstić information content (AvgIpc) is 2.61. The molecule has 144 valence electrons. The van der Waals surface area contributed by atoms with Crippen LogP contribution in [0.2, 0.25) is 0 Å². The van der Waals surface area contributed by atoms with Crippen LogP contribution in [-0.2, 0) is 12.6 Å². The molecule has 0 aliphatic heterocycles. The normalized spacial score (nSPS) is 11.3. The molecule has 0 unspecified atom stereocenters. The minimum Gasteiger partial charge on any atom is -0.457 e. The van der Waals surface area contributed by atoms with Gasteiger partial charge in [0.2, 0.25) is 5.91 Å². The van der Waals surface area contributed by atoms with E-state index in [9.17, 15) is 22.4 Å². The van der Waals surface area contributed by atoms with Crippen molar-refractivity contribution in [1.29, 1.82) is 0 Å². The van der Waals surface area contributed by atoms with E-state index in [0.29, 0.717) is 16.9 Å². The van der Waals surface area contributed by atoms with E-state index in [1.54, 1.807) is 24.3 Å². The van der Waals surface area contributed by atoms with Crippen LogP contribution in [0.4, 0.5) is 17.6 Å². The van der Waals surface area contributed by atoms with Gasteiger partial charge in [-0.2, -0.15) is 13.2 Å². The smallest absolute Gasteiger partial charge is 0.416 e. The van der Waals surface area contributed by atoms with Crippen molar-refractivity contribution >= 4 is 5.91 Å². The number of rotatable bonds is 5. The summed E-state index contributed by atoms with van der Waals surface area (Å²) in [4.78, 5) is 11.5. The second-order valence-corrected chi connectivity index (χ2v) is 6.12. The van der Waals surface area contributed by atoms with Crippen LogP contribution in [0.25, 0.3) is 0 Å². The van der Waals surface area contributed by atoms with Gasteiger partial charge in [0.1, 0.15) is 17.3 Å². The monoisotopic (exact) mass is 389 g/mol. The number of carbonyl (C=O) groups is 1. The van der Waals surface area contributed by atoms with Crippen molar-refractivity contribution in [2.75, 3.05) is 0 Å². The molecule has 0 saturated carbocycles. The van der Waals surface area contributed by atoms with Crippen LogP contribution in [0.5, 0.6) is 11.5 Å². The Morgan fingerprint density at radius 2 is 1.61 bits per heavy atom. The Labute approximate surface area is 158 Å². The van der Waals surface area contributed by atoms with Gasteiger partial charge in [-0.15, -0.1) is 0 Å². The summed E-state index contributed by atoms with van der Waals surface area (Å²) >= 11 is 0. The molecule has 0 heterocycles. The van der Waals surface area contributed by atoms with Gasteiger partial charge in [-0.25, -0.2) is 4.39 Å². The summed E-state index contributed by atoms with van der Waals surface area (Å²) in [5.74, 6) is -0.827. The molecule has 1 amide bonds. The van der Waals surface area contributed by atoms with Crippen molar-refractivity contribution in [3.05, 3.63) is 94.8 Å². The number of hydrogen-bond acceptors (Lipinski definition) is 2. The number of amides is 1. The Kier molecular flexibility index (Phi) is 5.35. The maximum Gasteiger partial charge on any atom is 0.416 e. The fourth-order valence-electron chi connectivity index (χ4n) is 2.76. The molecule has 3 aromatic carbocycles. The van der Waals surface area contributed by atoms with Crippen molar-refractivity contribution in [2.24, 2.45) is 5.73 Å². The third kappa shape index (κ3) is 4.68. The maximum atomic E-state index is 13.5. The van der Waals surface area contributed by atoms with E-state index in [0.717, 1.165) is 18.2 Å². The lowest BCUT2D eigenvalue weighted by Gasteiger charge is -2.11. The van der Waals surface area contributed by atoms with E-state index in [1.807, 2.05) is 0 Å². The number of benzene rings is 3. The van der Waals surface area contributed by atoms with Gasteiger partial charge in [-0.3, -0.25) is 4.79 Å². The van der Waals surface area contributed by atoms with Crippen LogP contribution in [0.1, 0.15) is 27.0 Å². The Balaban J connectivity index is 1.84. The molecule has 0 atom stereocenters. The molecule has 0 aromatic heterocycles. The average molecular weight is 389 g/mol. The molecule has 7 heteroatoms. The second kappa shape index (κ2) is 7.72. The Hall–Kier alpha value is -3.35. The number of primary amides is 1. The first-order chi connectivity index (χ1) is 13.2. The molecule has 2 N–H and O–H groups in total. The highest BCUT2D eigenvalue weighted by atomic mass is 19.4. The van der Waals surface area contributed by atoms with Gasteiger partial charge in [-0.1, -0.05) is 18.2 Å². The third-order valence-corrected chi connectivity index (χ3v) is 4.02. The van der Waals surface area contributed by atoms with Gasteiger partial charge in [0.15, 0.2) is 0 Å². The largest absolute Gasteiger partial charge is 0.457 e. The maximum absolute atomic E-state index is 13.5. The minimum absolute atomic E-state index is 0.0376. The van der Waals surface area contributed by atoms with Crippen LogP contribution in [0.3, 0.4) is 0 Å². The number of hydrogen-bond donors (Lipinski definition) is 1. The summed E-state index contributed by atoms with van der Waals surface area (Å²) in [6.45, 7) is 0. The van der Waals surface area contributed by atoms with Crippen molar-refractivity contribution in [3.63, 3.8) is 0 Å². The lowest BCUT2D eigenvalue weighted by Crippen LogP contribution is -2.14. The summed E-state index contributed by atoms with van der Waals surface area (Å²) in [6, 6.07) is 14.8. The van der Waals surface area contributed by atoms with E-state index < -0.39 is 23.5 Å². The third-order valence-electron chi connectivity index (χ3n) is 4.02. The van der Waals surface area contributed by atoms with Crippen molar-refractivity contribution in [2.45, 2.75) is 12.6 Å². The molecule has 3 rings (SSSR count). The van der Waals surface area contributed by atoms with Gasteiger partial charge in [0, 0.05) is 5.56 Å². The molecule has 0 bridgehead atoms. The van der Waals surface area contributed by atoms with Crippen molar-refractivity contribution in [1.82, 2.24) is 0 Å². The highest BCUT2D eigenvalue weighted by molar-refractivity contribution is 5.94. The molecule has 0 aliphatic carbocycles. The second-order valence-electron chi connectivity index (χ2n) is 6.12. The highest BCUT2D eigenvalue weighted by Gasteiger charge is 2.30. The van der Waals surface area contributed by atoms with Gasteiger partial charge in [0.25, 0.3) is 0 Å². The SMILES string of the molecule is NC(=O)c1ccc(F)cc1Cc1cccc(Oc2cccc(C(F)(F)F)c2)c1. The zero-order chi connectivity index (χ0) is 20.3. The van der Waals surface area contributed by atoms with Crippen LogP contribution in [0.15, 0.2) is 66.7 Å². The van der Waals surface area contributed by atoms with Crippen LogP contribution >= 0.6 is 0 Å². The molecule has 0 radical (unpaired) electrons. The molecule has 0 fully saturated rings. The minimum atomic E-state index is -4.47. The number of carbonyl (C=O) groups excluding carboxylic acids is 1. The molecule has 0 spiro atoms. The van der Waals surface area contributed by atoms with E-state index in [-0.39, 0.29) is 17.7 Å². The van der Waals surface area contributed by atoms with E-state index in [2.05, 4.69) is 0 Å². The molecule has 0 saturated heterocycles. The van der Waals surface area contributed by atoms with Gasteiger partial charge in [-0.05, 0) is 66.1 Å². The van der Waals surface area contributed by atoms with Crippen LogP contribution < -0.4 is 10.5 Å². The lowest BCUT2D eigenvalue weighted by molar-refractivity contribution is -0.137. The van der Waals surface area contributed by atoms with Gasteiger partial charge < -0.3 is 10.5 Å². The van der Waals surface area contributed by atoms with E-state index in [4.69, 9.17) is 10.5 Å². The standard InChI is InChI=1S/C21H15F4NO2/c22-16-7-8-19(20(26)27)14(11-16)9-13-3-1-5-17(10-13)28-18-6-2-4-15(12-18)21(23,24)25/h1-8,10-12H,9H2,(H2,26,27). The Morgan fingerprint density at radius 3 is 2.29 bits per heavy atom. The molecular formula is C21H15F4NO2. The predicted octanol–water partition coefficient (Wildman–Crippen LogP) is 5.33. The fourth-order valence-corrected chi connectivity index (χ4v) is 2.76. The first kappa shape index (κ1) is 19.4. The molecule has 0 aliphatic rings. The molecule has 3 aromatic rings. The topological polar surface area (TPSA) is 52.3 Å². The van der Waals surface area contributed by atoms with E-state index in [1.165, 1.54) is 24.3 Å². The number of alkyl halides is 3. The van der Waals surface area contributed by atoms with Crippen LogP contribution in [-0.4, -0.2) is 5.91 Å². The number of nitrogens with two attached hydrogens (primary N) is 1. The summed E-state index contributed by atoms with van der Waals surface area (Å²) in [5.41, 5.74) is 5.79. The summed E-state index contributed by atoms with van der Waals surface area (Å²) < 4.78 is 57.5. The molecular weight excluding hydrogens is 374 g/mol. The van der Waals surface area contributed by atoms with Crippen LogP contribution in [0, 0.1) is 5.82 Å². The zero-order valence-electron chi connectivity index (χ0n) is 14.5. The fraction of sp³-hybridized carbons (Fsp3) is 0.0952. The van der Waals surface area contributed by atoms with Crippen molar-refractivity contribution in [3.8, 4) is 11.5 Å². The van der Waals surface area contributed by atoms with Gasteiger partial charge in [0.05, 0.1) is 5.56 Å². The van der Waals surface area contributed by atoms with Gasteiger partial charge >= 0.3 is 6.18 Å². The Bertz CT molecular complexity index is 1020. The molecule has 28 heavy (non-hydrogen) atoms. The number of ether oxygens (including phenoxy) is 1. The zero-order valence-corrected chi connectivity index (χ0v) is 14.5. The quantitative estimate of drug-likeness (QED) is 0.600. The lowest BCUT2D eigenvalue weighted by atomic mass is 9.99. The number of halogens is 4. The summed E-state index contributed by atoms with van der Waals surface area (Å²) in [7, 11) is 0. The first-order valence-corrected chi connectivity index (χ1v) is 8.24.